The van der Waals surface area contributed by atoms with Crippen LogP contribution in [0.5, 0.6) is 0 Å². The third kappa shape index (κ3) is 6.46. The third-order valence-electron chi connectivity index (χ3n) is 2.47. The van der Waals surface area contributed by atoms with E-state index in [-0.39, 0.29) is 18.5 Å². The lowest BCUT2D eigenvalue weighted by Gasteiger charge is -2.07. The largest absolute Gasteiger partial charge is 0.481 e. The number of rotatable bonds is 6. The van der Waals surface area contributed by atoms with Gasteiger partial charge in [-0.05, 0) is 25.0 Å². The molecule has 0 unspecified atom stereocenters. The summed E-state index contributed by atoms with van der Waals surface area (Å²) in [6.45, 7) is 0. The molecule has 0 aliphatic rings. The highest BCUT2D eigenvalue weighted by atomic mass is 19.1. The lowest BCUT2D eigenvalue weighted by atomic mass is 10.2. The minimum Gasteiger partial charge on any atom is -0.481 e. The monoisotopic (exact) mass is 300 g/mol. The van der Waals surface area contributed by atoms with Gasteiger partial charge in [0.25, 0.3) is 0 Å². The van der Waals surface area contributed by atoms with Crippen molar-refractivity contribution in [1.82, 2.24) is 5.32 Å². The third-order valence-corrected chi connectivity index (χ3v) is 2.47. The van der Waals surface area contributed by atoms with Crippen LogP contribution in [-0.4, -0.2) is 23.0 Å². The Morgan fingerprint density at radius 2 is 1.76 bits per heavy atom. The number of hydrogen-bond donors (Lipinski definition) is 3. The number of amides is 3. The molecule has 0 radical (unpaired) electrons. The Bertz CT molecular complexity index is 549. The van der Waals surface area contributed by atoms with Crippen LogP contribution in [0.4, 0.5) is 19.3 Å². The molecule has 1 aromatic carbocycles. The van der Waals surface area contributed by atoms with Crippen LogP contribution in [0, 0.1) is 11.6 Å². The Kier molecular flexibility index (Phi) is 6.25. The van der Waals surface area contributed by atoms with Crippen molar-refractivity contribution in [2.75, 3.05) is 5.32 Å². The van der Waals surface area contributed by atoms with Gasteiger partial charge in [0.05, 0.1) is 5.69 Å². The second-order valence-corrected chi connectivity index (χ2v) is 4.23. The van der Waals surface area contributed by atoms with Crippen LogP contribution >= 0.6 is 0 Å². The summed E-state index contributed by atoms with van der Waals surface area (Å²) in [7, 11) is 0. The van der Waals surface area contributed by atoms with Gasteiger partial charge in [0.1, 0.15) is 11.6 Å². The van der Waals surface area contributed by atoms with Crippen LogP contribution < -0.4 is 10.6 Å². The predicted octanol–water partition coefficient (Wildman–Crippen LogP) is 2.26. The highest BCUT2D eigenvalue weighted by Crippen LogP contribution is 2.14. The summed E-state index contributed by atoms with van der Waals surface area (Å²) in [5.41, 5.74) is -0.383. The Balaban J connectivity index is 2.37. The maximum atomic E-state index is 13.2. The van der Waals surface area contributed by atoms with Crippen molar-refractivity contribution in [2.24, 2.45) is 0 Å². The van der Waals surface area contributed by atoms with E-state index in [0.717, 1.165) is 18.2 Å². The lowest BCUT2D eigenvalue weighted by molar-refractivity contribution is -0.137. The number of urea groups is 1. The van der Waals surface area contributed by atoms with E-state index >= 15 is 0 Å². The highest BCUT2D eigenvalue weighted by molar-refractivity contribution is 6.01. The van der Waals surface area contributed by atoms with Gasteiger partial charge in [-0.15, -0.1) is 0 Å². The van der Waals surface area contributed by atoms with Gasteiger partial charge in [0.15, 0.2) is 0 Å². The van der Waals surface area contributed by atoms with Gasteiger partial charge in [0, 0.05) is 18.9 Å². The molecule has 0 spiro atoms. The molecule has 3 amide bonds. The van der Waals surface area contributed by atoms with E-state index in [1.54, 1.807) is 0 Å². The fraction of sp³-hybridized carbons (Fsp3) is 0.308. The van der Waals surface area contributed by atoms with Crippen LogP contribution in [0.1, 0.15) is 25.7 Å². The summed E-state index contributed by atoms with van der Waals surface area (Å²) in [4.78, 5) is 33.0. The Hall–Kier alpha value is -2.51. The molecule has 1 aromatic rings. The van der Waals surface area contributed by atoms with Crippen LogP contribution in [0.2, 0.25) is 0 Å². The van der Waals surface area contributed by atoms with Crippen molar-refractivity contribution < 1.29 is 28.3 Å². The van der Waals surface area contributed by atoms with Gasteiger partial charge in [0.2, 0.25) is 5.91 Å². The van der Waals surface area contributed by atoms with Crippen molar-refractivity contribution in [3.8, 4) is 0 Å². The van der Waals surface area contributed by atoms with Crippen molar-refractivity contribution >= 4 is 23.6 Å². The standard InChI is InChI=1S/C13H14F2N2O4/c14-8-5-6-9(15)10(7-8)16-13(21)17-11(18)3-1-2-4-12(19)20/h5-7H,1-4H2,(H,19,20)(H2,16,17,18,21). The smallest absolute Gasteiger partial charge is 0.325 e. The molecule has 8 heteroatoms. The van der Waals surface area contributed by atoms with Crippen molar-refractivity contribution in [1.29, 1.82) is 0 Å². The van der Waals surface area contributed by atoms with Gasteiger partial charge in [-0.1, -0.05) is 0 Å². The van der Waals surface area contributed by atoms with Crippen LogP contribution in [0.3, 0.4) is 0 Å². The zero-order valence-corrected chi connectivity index (χ0v) is 11.0. The SMILES string of the molecule is O=C(O)CCCCC(=O)NC(=O)Nc1cc(F)ccc1F. The zero-order chi connectivity index (χ0) is 15.8. The number of carbonyl (C=O) groups is 3. The summed E-state index contributed by atoms with van der Waals surface area (Å²) in [5, 5.41) is 12.4. The van der Waals surface area contributed by atoms with E-state index in [2.05, 4.69) is 0 Å². The number of carboxylic acids is 1. The van der Waals surface area contributed by atoms with Gasteiger partial charge in [-0.3, -0.25) is 14.9 Å². The molecular weight excluding hydrogens is 286 g/mol. The van der Waals surface area contributed by atoms with Gasteiger partial charge in [-0.2, -0.15) is 0 Å². The van der Waals surface area contributed by atoms with E-state index in [1.807, 2.05) is 10.6 Å². The molecule has 0 aliphatic heterocycles. The fourth-order valence-corrected chi connectivity index (χ4v) is 1.50. The van der Waals surface area contributed by atoms with Gasteiger partial charge in [-0.25, -0.2) is 13.6 Å². The number of anilines is 1. The topological polar surface area (TPSA) is 95.5 Å². The number of halogens is 2. The maximum absolute atomic E-state index is 13.2. The molecular formula is C13H14F2N2O4. The first-order valence-corrected chi connectivity index (χ1v) is 6.16. The summed E-state index contributed by atoms with van der Waals surface area (Å²) in [6, 6.07) is 1.54. The Morgan fingerprint density at radius 3 is 2.43 bits per heavy atom. The van der Waals surface area contributed by atoms with Crippen LogP contribution in [0.25, 0.3) is 0 Å². The van der Waals surface area contributed by atoms with E-state index < -0.39 is 29.5 Å². The molecule has 0 aromatic heterocycles. The van der Waals surface area contributed by atoms with E-state index in [1.165, 1.54) is 0 Å². The zero-order valence-electron chi connectivity index (χ0n) is 11.0. The quantitative estimate of drug-likeness (QED) is 0.702. The molecule has 6 nitrogen and oxygen atoms in total. The second-order valence-electron chi connectivity index (χ2n) is 4.23. The Morgan fingerprint density at radius 1 is 1.10 bits per heavy atom. The minimum atomic E-state index is -0.984. The molecule has 0 saturated carbocycles. The number of aliphatic carboxylic acids is 1. The summed E-state index contributed by atoms with van der Waals surface area (Å²) in [5.74, 6) is -3.16. The van der Waals surface area contributed by atoms with Crippen molar-refractivity contribution in [2.45, 2.75) is 25.7 Å². The molecule has 0 bridgehead atoms. The molecule has 114 valence electrons. The van der Waals surface area contributed by atoms with Crippen LogP contribution in [0.15, 0.2) is 18.2 Å². The molecule has 0 saturated heterocycles. The molecule has 1 rings (SSSR count). The minimum absolute atomic E-state index is 0.0354. The number of carbonyl (C=O) groups excluding carboxylic acids is 2. The van der Waals surface area contributed by atoms with E-state index in [0.29, 0.717) is 12.8 Å². The average Bonchev–Trinajstić information content (AvgIpc) is 2.38. The Labute approximate surface area is 119 Å². The van der Waals surface area contributed by atoms with E-state index in [4.69, 9.17) is 5.11 Å². The molecule has 21 heavy (non-hydrogen) atoms. The molecule has 0 aliphatic carbocycles. The van der Waals surface area contributed by atoms with Gasteiger partial charge < -0.3 is 10.4 Å². The number of imide groups is 1. The van der Waals surface area contributed by atoms with Crippen molar-refractivity contribution in [3.05, 3.63) is 29.8 Å². The predicted molar refractivity (Wildman–Crippen MR) is 69.6 cm³/mol. The lowest BCUT2D eigenvalue weighted by Crippen LogP contribution is -2.34. The molecule has 3 N–H and O–H groups in total. The van der Waals surface area contributed by atoms with Crippen molar-refractivity contribution in [3.63, 3.8) is 0 Å². The molecule has 0 fully saturated rings. The number of unbranched alkanes of at least 4 members (excludes halogenated alkanes) is 1. The fourth-order valence-electron chi connectivity index (χ4n) is 1.50. The number of hydrogen-bond acceptors (Lipinski definition) is 3. The normalized spacial score (nSPS) is 10.0. The summed E-state index contributed by atoms with van der Waals surface area (Å²) in [6.07, 6.45) is 0.517. The second kappa shape index (κ2) is 7.93. The van der Waals surface area contributed by atoms with Gasteiger partial charge >= 0.3 is 12.0 Å². The average molecular weight is 300 g/mol. The number of nitrogens with one attached hydrogen (secondary N) is 2. The summed E-state index contributed by atoms with van der Waals surface area (Å²) < 4.78 is 26.1. The first kappa shape index (κ1) is 16.5. The molecule has 0 heterocycles. The maximum Gasteiger partial charge on any atom is 0.325 e. The van der Waals surface area contributed by atoms with E-state index in [9.17, 15) is 23.2 Å². The van der Waals surface area contributed by atoms with Crippen LogP contribution in [-0.2, 0) is 9.59 Å². The first-order valence-electron chi connectivity index (χ1n) is 6.16. The number of carboxylic acid groups (broad SMARTS) is 1. The first-order chi connectivity index (χ1) is 9.88. The molecule has 0 atom stereocenters. The highest BCUT2D eigenvalue weighted by Gasteiger charge is 2.11. The number of benzene rings is 1. The summed E-state index contributed by atoms with van der Waals surface area (Å²) >= 11 is 0.